The molecule has 0 atom stereocenters. The molecule has 0 saturated carbocycles. The maximum atomic E-state index is 5.57. The topological polar surface area (TPSA) is 51.9 Å². The normalized spacial score (nSPS) is 13.0. The van der Waals surface area contributed by atoms with Crippen LogP contribution in [-0.4, -0.2) is 28.8 Å². The molecule has 4 aromatic heterocycles. The third-order valence-corrected chi connectivity index (χ3v) is 9.17. The average Bonchev–Trinajstić information content (AvgIpc) is 3.69. The van der Waals surface area contributed by atoms with Crippen molar-refractivity contribution in [1.82, 2.24) is 28.8 Å². The van der Waals surface area contributed by atoms with Gasteiger partial charge in [0.2, 0.25) is 0 Å². The molecular weight excluding hydrogens is 576 g/mol. The Hall–Kier alpha value is -4.71. The van der Waals surface area contributed by atoms with Crippen LogP contribution in [0.3, 0.4) is 0 Å². The van der Waals surface area contributed by atoms with Crippen LogP contribution in [-0.2, 0) is 16.2 Å². The van der Waals surface area contributed by atoms with E-state index in [4.69, 9.17) is 15.3 Å². The molecule has 0 radical (unpaired) electrons. The molecule has 0 spiro atoms. The number of aryl methyl sites for hydroxylation is 2. The van der Waals surface area contributed by atoms with Crippen molar-refractivity contribution >= 4 is 16.9 Å². The SMILES string of the molecule is Cc1cccc(C)c1-c1c(C(C)(C)C)nn2c3c(-c4ccccc4)c(C(C)(C)C)nn3c3c(-c4ccccc4)c(C(C)(C)C)nn3c12. The van der Waals surface area contributed by atoms with Crippen molar-refractivity contribution in [2.45, 2.75) is 92.4 Å². The van der Waals surface area contributed by atoms with E-state index >= 15 is 0 Å². The van der Waals surface area contributed by atoms with Gasteiger partial charge in [-0.05, 0) is 41.7 Å². The van der Waals surface area contributed by atoms with E-state index in [2.05, 4.69) is 169 Å². The lowest BCUT2D eigenvalue weighted by Gasteiger charge is -2.19. The number of aromatic nitrogens is 6. The zero-order chi connectivity index (χ0) is 33.6. The highest BCUT2D eigenvalue weighted by Gasteiger charge is 2.36. The van der Waals surface area contributed by atoms with Gasteiger partial charge in [-0.1, -0.05) is 141 Å². The molecule has 0 aliphatic carbocycles. The van der Waals surface area contributed by atoms with E-state index in [1.54, 1.807) is 0 Å². The van der Waals surface area contributed by atoms with Gasteiger partial charge in [-0.2, -0.15) is 28.8 Å². The van der Waals surface area contributed by atoms with Gasteiger partial charge in [-0.3, -0.25) is 0 Å². The van der Waals surface area contributed by atoms with Crippen molar-refractivity contribution in [2.75, 3.05) is 0 Å². The molecule has 0 fully saturated rings. The summed E-state index contributed by atoms with van der Waals surface area (Å²) in [7, 11) is 0. The summed E-state index contributed by atoms with van der Waals surface area (Å²) in [4.78, 5) is 0. The third-order valence-electron chi connectivity index (χ3n) is 9.17. The standard InChI is InChI=1S/C41H46N6/c1-25-19-18-20-26(2)29(25)32-35(41(9,10)11)44-47-37-30(27-21-14-12-15-22-27)33(39(3,4)5)42-45(37)36-31(28-23-16-13-17-24-28)34(40(6,7)8)43-46(36)38(32)47/h12-24H,1-11H3. The second-order valence-electron chi connectivity index (χ2n) is 16.1. The van der Waals surface area contributed by atoms with Gasteiger partial charge >= 0.3 is 0 Å². The number of benzene rings is 3. The zero-order valence-corrected chi connectivity index (χ0v) is 29.7. The molecule has 0 N–H and O–H groups in total. The van der Waals surface area contributed by atoms with Crippen LogP contribution < -0.4 is 0 Å². The Morgan fingerprint density at radius 1 is 0.383 bits per heavy atom. The lowest BCUT2D eigenvalue weighted by atomic mass is 9.85. The molecule has 0 aliphatic heterocycles. The first-order chi connectivity index (χ1) is 22.1. The lowest BCUT2D eigenvalue weighted by Crippen LogP contribution is -2.14. The molecule has 0 amide bonds. The Balaban J connectivity index is 1.87. The Kier molecular flexibility index (Phi) is 6.84. The fraction of sp³-hybridized carbons (Fsp3) is 0.341. The summed E-state index contributed by atoms with van der Waals surface area (Å²) in [5.41, 5.74) is 14.4. The van der Waals surface area contributed by atoms with Crippen molar-refractivity contribution < 1.29 is 0 Å². The van der Waals surface area contributed by atoms with Crippen molar-refractivity contribution in [3.63, 3.8) is 0 Å². The van der Waals surface area contributed by atoms with Gasteiger partial charge in [0.1, 0.15) is 0 Å². The van der Waals surface area contributed by atoms with E-state index < -0.39 is 0 Å². The highest BCUT2D eigenvalue weighted by atomic mass is 15.5. The summed E-state index contributed by atoms with van der Waals surface area (Å²) in [5, 5.41) is 16.6. The summed E-state index contributed by atoms with van der Waals surface area (Å²) in [6.45, 7) is 24.7. The van der Waals surface area contributed by atoms with E-state index in [0.29, 0.717) is 0 Å². The smallest absolute Gasteiger partial charge is 0.169 e. The molecule has 0 bridgehead atoms. The molecule has 4 heterocycles. The minimum absolute atomic E-state index is 0.240. The van der Waals surface area contributed by atoms with Gasteiger partial charge < -0.3 is 0 Å². The van der Waals surface area contributed by atoms with Gasteiger partial charge in [-0.25, -0.2) is 0 Å². The van der Waals surface area contributed by atoms with E-state index in [1.165, 1.54) is 16.7 Å². The second kappa shape index (κ2) is 10.4. The van der Waals surface area contributed by atoms with Crippen LogP contribution in [0.5, 0.6) is 0 Å². The summed E-state index contributed by atoms with van der Waals surface area (Å²) >= 11 is 0. The first-order valence-electron chi connectivity index (χ1n) is 16.7. The molecular formula is C41H46N6. The molecule has 7 rings (SSSR count). The maximum Gasteiger partial charge on any atom is 0.169 e. The number of rotatable bonds is 3. The Morgan fingerprint density at radius 3 is 1.04 bits per heavy atom. The molecule has 6 nitrogen and oxygen atoms in total. The third kappa shape index (κ3) is 4.80. The van der Waals surface area contributed by atoms with E-state index in [9.17, 15) is 0 Å². The fourth-order valence-electron chi connectivity index (χ4n) is 7.01. The van der Waals surface area contributed by atoms with Gasteiger partial charge in [0, 0.05) is 16.2 Å². The second-order valence-corrected chi connectivity index (χ2v) is 16.1. The average molecular weight is 623 g/mol. The Labute approximate surface area is 278 Å². The predicted molar refractivity (Wildman–Crippen MR) is 195 cm³/mol. The quantitative estimate of drug-likeness (QED) is 0.197. The van der Waals surface area contributed by atoms with Gasteiger partial charge in [-0.15, -0.1) is 0 Å². The first kappa shape index (κ1) is 30.9. The molecule has 47 heavy (non-hydrogen) atoms. The summed E-state index contributed by atoms with van der Waals surface area (Å²) in [5.74, 6) is 0. The van der Waals surface area contributed by atoms with Crippen molar-refractivity contribution in [1.29, 1.82) is 0 Å². The molecule has 6 heteroatoms. The largest absolute Gasteiger partial charge is 0.195 e. The summed E-state index contributed by atoms with van der Waals surface area (Å²) in [6.07, 6.45) is 0. The zero-order valence-electron chi connectivity index (χ0n) is 29.7. The summed E-state index contributed by atoms with van der Waals surface area (Å²) in [6, 6.07) is 27.9. The van der Waals surface area contributed by atoms with Crippen molar-refractivity contribution in [2.24, 2.45) is 0 Å². The highest BCUT2D eigenvalue weighted by molar-refractivity contribution is 5.94. The molecule has 3 aromatic carbocycles. The monoisotopic (exact) mass is 622 g/mol. The number of hydrogen-bond acceptors (Lipinski definition) is 3. The number of hydrogen-bond donors (Lipinski definition) is 0. The lowest BCUT2D eigenvalue weighted by molar-refractivity contribution is 0.562. The minimum atomic E-state index is -0.249. The van der Waals surface area contributed by atoms with Crippen LogP contribution in [0.25, 0.3) is 50.3 Å². The molecule has 0 saturated heterocycles. The predicted octanol–water partition coefficient (Wildman–Crippen LogP) is 10.1. The van der Waals surface area contributed by atoms with Crippen LogP contribution in [0.4, 0.5) is 0 Å². The Bertz CT molecular complexity index is 2200. The number of fused-ring (bicyclic) bond motifs is 6. The van der Waals surface area contributed by atoms with Crippen LogP contribution in [0, 0.1) is 13.8 Å². The summed E-state index contributed by atoms with van der Waals surface area (Å²) < 4.78 is 6.43. The minimum Gasteiger partial charge on any atom is -0.195 e. The Morgan fingerprint density at radius 2 is 0.702 bits per heavy atom. The first-order valence-corrected chi connectivity index (χ1v) is 16.7. The van der Waals surface area contributed by atoms with E-state index in [-0.39, 0.29) is 16.2 Å². The molecule has 0 unspecified atom stereocenters. The van der Waals surface area contributed by atoms with Crippen LogP contribution in [0.1, 0.15) is 90.5 Å². The van der Waals surface area contributed by atoms with E-state index in [1.807, 2.05) is 0 Å². The van der Waals surface area contributed by atoms with Crippen LogP contribution in [0.15, 0.2) is 78.9 Å². The number of nitrogens with zero attached hydrogens (tertiary/aromatic N) is 6. The van der Waals surface area contributed by atoms with Crippen molar-refractivity contribution in [3.8, 4) is 33.4 Å². The van der Waals surface area contributed by atoms with Gasteiger partial charge in [0.05, 0.1) is 33.8 Å². The molecule has 240 valence electrons. The van der Waals surface area contributed by atoms with Crippen LogP contribution in [0.2, 0.25) is 0 Å². The highest BCUT2D eigenvalue weighted by Crippen LogP contribution is 2.45. The van der Waals surface area contributed by atoms with Gasteiger partial charge in [0.15, 0.2) is 16.9 Å². The van der Waals surface area contributed by atoms with Gasteiger partial charge in [0.25, 0.3) is 0 Å². The molecule has 0 aliphatic rings. The maximum absolute atomic E-state index is 5.57. The van der Waals surface area contributed by atoms with E-state index in [0.717, 1.165) is 61.8 Å². The fourth-order valence-corrected chi connectivity index (χ4v) is 7.01. The van der Waals surface area contributed by atoms with Crippen molar-refractivity contribution in [3.05, 3.63) is 107 Å². The van der Waals surface area contributed by atoms with Crippen LogP contribution >= 0.6 is 0 Å². The molecule has 7 aromatic rings.